The maximum Gasteiger partial charge on any atom is 0.389 e. The number of nitrogens with one attached hydrogen (secondary N) is 1. The molecular weight excluding hydrogens is 565 g/mol. The maximum atomic E-state index is 13.8. The van der Waals surface area contributed by atoms with Gasteiger partial charge in [0.25, 0.3) is 11.5 Å². The van der Waals surface area contributed by atoms with Crippen LogP contribution in [0.3, 0.4) is 0 Å². The molecule has 0 radical (unpaired) electrons. The van der Waals surface area contributed by atoms with Crippen molar-refractivity contribution >= 4 is 11.8 Å². The highest BCUT2D eigenvalue weighted by Gasteiger charge is 2.56. The van der Waals surface area contributed by atoms with E-state index < -0.39 is 42.0 Å². The number of hydrogen-bond donors (Lipinski definition) is 3. The van der Waals surface area contributed by atoms with E-state index in [0.29, 0.717) is 50.1 Å². The number of aliphatic hydroxyl groups is 2. The van der Waals surface area contributed by atoms with Crippen LogP contribution in [0.5, 0.6) is 0 Å². The van der Waals surface area contributed by atoms with Gasteiger partial charge < -0.3 is 29.9 Å². The van der Waals surface area contributed by atoms with Crippen molar-refractivity contribution in [3.05, 3.63) is 58.5 Å². The molecule has 2 amide bonds. The molecule has 1 unspecified atom stereocenters. The van der Waals surface area contributed by atoms with Crippen molar-refractivity contribution in [2.75, 3.05) is 45.9 Å². The Bertz CT molecular complexity index is 1370. The van der Waals surface area contributed by atoms with Gasteiger partial charge >= 0.3 is 6.18 Å². The minimum atomic E-state index is -4.60. The topological polar surface area (TPSA) is 115 Å². The van der Waals surface area contributed by atoms with Crippen LogP contribution in [-0.2, 0) is 11.3 Å². The van der Waals surface area contributed by atoms with E-state index in [1.54, 1.807) is 4.90 Å². The summed E-state index contributed by atoms with van der Waals surface area (Å²) in [5, 5.41) is 25.0. The second-order valence-corrected chi connectivity index (χ2v) is 12.2. The quantitative estimate of drug-likeness (QED) is 0.448. The zero-order valence-corrected chi connectivity index (χ0v) is 24.1. The summed E-state index contributed by atoms with van der Waals surface area (Å²) in [5.41, 5.74) is -1.08. The van der Waals surface area contributed by atoms with Crippen molar-refractivity contribution in [2.45, 2.75) is 56.8 Å². The van der Waals surface area contributed by atoms with Crippen molar-refractivity contribution < 1.29 is 33.0 Å². The van der Waals surface area contributed by atoms with E-state index in [2.05, 4.69) is 5.32 Å². The van der Waals surface area contributed by atoms with Crippen LogP contribution in [0.25, 0.3) is 11.1 Å². The van der Waals surface area contributed by atoms with Crippen LogP contribution in [0.1, 0.15) is 48.9 Å². The third-order valence-corrected chi connectivity index (χ3v) is 9.47. The molecule has 2 aliphatic heterocycles. The first-order valence-corrected chi connectivity index (χ1v) is 14.9. The second kappa shape index (κ2) is 12.4. The van der Waals surface area contributed by atoms with Crippen LogP contribution in [-0.4, -0.2) is 94.0 Å². The number of alkyl halides is 3. The fraction of sp³-hybridized carbons (Fsp3) is 0.581. The summed E-state index contributed by atoms with van der Waals surface area (Å²) < 4.78 is 40.6. The molecule has 2 aromatic rings. The Morgan fingerprint density at radius 3 is 2.30 bits per heavy atom. The molecule has 1 aliphatic carbocycles. The van der Waals surface area contributed by atoms with Gasteiger partial charge in [0.2, 0.25) is 5.91 Å². The molecule has 3 N–H and O–H groups in total. The number of aromatic nitrogens is 1. The standard InChI is InChI=1S/C31H39F3N4O5/c32-31(33,34)17-23(19-39)27(41)37-13-10-30(43,29(20-37)8-4-5-9-29)21-38-18-25(28(42)36-14-11-35-12-15-36)24(16-26(38)40)22-6-2-1-3-7-22/h1-3,6-7,16,18,23,35,39,43H,4-5,8-15,17,19-21H2/t23?,30-/m0/s1. The highest BCUT2D eigenvalue weighted by molar-refractivity contribution is 6.00. The summed E-state index contributed by atoms with van der Waals surface area (Å²) in [7, 11) is 0. The number of carbonyl (C=O) groups excluding carboxylic acids is 2. The summed E-state index contributed by atoms with van der Waals surface area (Å²) in [6.45, 7) is 1.36. The summed E-state index contributed by atoms with van der Waals surface area (Å²) in [4.78, 5) is 43.5. The number of aliphatic hydroxyl groups excluding tert-OH is 1. The number of amides is 2. The molecule has 1 spiro atoms. The SMILES string of the molecule is O=C(c1cn(C[C@@]2(O)CCN(C(=O)C(CO)CC(F)(F)F)CC23CCCC3)c(=O)cc1-c1ccccc1)N1CCNCC1. The Labute approximate surface area is 248 Å². The number of pyridine rings is 1. The van der Waals surface area contributed by atoms with E-state index in [9.17, 15) is 37.8 Å². The molecule has 1 saturated carbocycles. The van der Waals surface area contributed by atoms with Gasteiger partial charge in [-0.2, -0.15) is 13.2 Å². The smallest absolute Gasteiger partial charge is 0.389 e. The lowest BCUT2D eigenvalue weighted by Gasteiger charge is -2.52. The van der Waals surface area contributed by atoms with E-state index in [0.717, 1.165) is 18.4 Å². The van der Waals surface area contributed by atoms with Gasteiger partial charge in [0, 0.05) is 62.5 Å². The van der Waals surface area contributed by atoms with Crippen molar-refractivity contribution in [1.82, 2.24) is 19.7 Å². The molecule has 2 atom stereocenters. The van der Waals surface area contributed by atoms with Crippen molar-refractivity contribution in [3.63, 3.8) is 0 Å². The van der Waals surface area contributed by atoms with Gasteiger partial charge in [0.05, 0.1) is 36.7 Å². The predicted octanol–water partition coefficient (Wildman–Crippen LogP) is 2.65. The third kappa shape index (κ3) is 6.51. The van der Waals surface area contributed by atoms with Gasteiger partial charge in [-0.25, -0.2) is 0 Å². The molecule has 12 heteroatoms. The number of benzene rings is 1. The zero-order valence-electron chi connectivity index (χ0n) is 24.1. The van der Waals surface area contributed by atoms with Crippen molar-refractivity contribution in [2.24, 2.45) is 11.3 Å². The van der Waals surface area contributed by atoms with Crippen LogP contribution in [0.4, 0.5) is 13.2 Å². The number of rotatable bonds is 7. The van der Waals surface area contributed by atoms with Crippen LogP contribution in [0, 0.1) is 11.3 Å². The largest absolute Gasteiger partial charge is 0.396 e. The number of halogens is 3. The van der Waals surface area contributed by atoms with E-state index in [1.165, 1.54) is 21.7 Å². The Balaban J connectivity index is 1.47. The van der Waals surface area contributed by atoms with Crippen LogP contribution >= 0.6 is 0 Å². The van der Waals surface area contributed by atoms with Gasteiger partial charge in [0.15, 0.2) is 0 Å². The number of piperidine rings is 1. The fourth-order valence-corrected chi connectivity index (χ4v) is 7.10. The van der Waals surface area contributed by atoms with Crippen molar-refractivity contribution in [1.29, 1.82) is 0 Å². The summed E-state index contributed by atoms with van der Waals surface area (Å²) >= 11 is 0. The highest BCUT2D eigenvalue weighted by Crippen LogP contribution is 2.52. The third-order valence-electron chi connectivity index (χ3n) is 9.47. The molecule has 0 bridgehead atoms. The molecule has 1 aromatic heterocycles. The first-order valence-electron chi connectivity index (χ1n) is 14.9. The Hall–Kier alpha value is -3.22. The minimum absolute atomic E-state index is 0.00510. The highest BCUT2D eigenvalue weighted by atomic mass is 19.4. The average Bonchev–Trinajstić information content (AvgIpc) is 3.48. The second-order valence-electron chi connectivity index (χ2n) is 12.2. The molecule has 1 aromatic carbocycles. The molecule has 3 heterocycles. The Morgan fingerprint density at radius 2 is 1.67 bits per heavy atom. The number of nitrogens with zero attached hydrogens (tertiary/aromatic N) is 3. The molecule has 43 heavy (non-hydrogen) atoms. The maximum absolute atomic E-state index is 13.8. The van der Waals surface area contributed by atoms with E-state index >= 15 is 0 Å². The molecular formula is C31H39F3N4O5. The van der Waals surface area contributed by atoms with Gasteiger partial charge in [-0.3, -0.25) is 14.4 Å². The lowest BCUT2D eigenvalue weighted by Crippen LogP contribution is -2.62. The fourth-order valence-electron chi connectivity index (χ4n) is 7.10. The van der Waals surface area contributed by atoms with Crippen LogP contribution < -0.4 is 10.9 Å². The molecule has 2 saturated heterocycles. The molecule has 5 rings (SSSR count). The number of carbonyl (C=O) groups is 2. The lowest BCUT2D eigenvalue weighted by molar-refractivity contribution is -0.175. The monoisotopic (exact) mass is 604 g/mol. The number of piperazine rings is 1. The van der Waals surface area contributed by atoms with E-state index in [1.807, 2.05) is 30.3 Å². The Kier molecular flexibility index (Phi) is 9.01. The van der Waals surface area contributed by atoms with Gasteiger partial charge in [-0.1, -0.05) is 43.2 Å². The summed E-state index contributed by atoms with van der Waals surface area (Å²) in [5.74, 6) is -2.59. The summed E-state index contributed by atoms with van der Waals surface area (Å²) in [6.07, 6.45) is -1.81. The normalized spacial score (nSPS) is 23.0. The van der Waals surface area contributed by atoms with Gasteiger partial charge in [0.1, 0.15) is 0 Å². The minimum Gasteiger partial charge on any atom is -0.396 e. The van der Waals surface area contributed by atoms with Gasteiger partial charge in [-0.15, -0.1) is 0 Å². The van der Waals surface area contributed by atoms with Gasteiger partial charge in [-0.05, 0) is 24.8 Å². The first-order chi connectivity index (χ1) is 20.5. The first kappa shape index (κ1) is 31.2. The molecule has 3 aliphatic rings. The van der Waals surface area contributed by atoms with E-state index in [-0.39, 0.29) is 37.5 Å². The average molecular weight is 605 g/mol. The van der Waals surface area contributed by atoms with E-state index in [4.69, 9.17) is 0 Å². The predicted molar refractivity (Wildman–Crippen MR) is 153 cm³/mol. The molecule has 234 valence electrons. The number of likely N-dealkylation sites (tertiary alicyclic amines) is 1. The molecule has 9 nitrogen and oxygen atoms in total. The Morgan fingerprint density at radius 1 is 1.00 bits per heavy atom. The summed E-state index contributed by atoms with van der Waals surface area (Å²) in [6, 6.07) is 10.6. The zero-order chi connectivity index (χ0) is 30.8. The molecule has 3 fully saturated rings. The van der Waals surface area contributed by atoms with Crippen LogP contribution in [0.15, 0.2) is 47.4 Å². The number of hydrogen-bond acceptors (Lipinski definition) is 6. The van der Waals surface area contributed by atoms with Crippen LogP contribution in [0.2, 0.25) is 0 Å². The lowest BCUT2D eigenvalue weighted by atomic mass is 9.65. The van der Waals surface area contributed by atoms with Crippen molar-refractivity contribution in [3.8, 4) is 11.1 Å².